The Morgan fingerprint density at radius 2 is 2.50 bits per heavy atom. The Morgan fingerprint density at radius 3 is 2.50 bits per heavy atom. The van der Waals surface area contributed by atoms with Crippen LogP contribution in [0.1, 0.15) is 0 Å². The smallest absolute Gasteiger partial charge is 0.0512 e. The zero-order valence-electron chi connectivity index (χ0n) is 3.61. The summed E-state index contributed by atoms with van der Waals surface area (Å²) in [5.41, 5.74) is 0. The lowest BCUT2D eigenvalue weighted by molar-refractivity contribution is 1.47. The van der Waals surface area contributed by atoms with E-state index in [2.05, 4.69) is 11.6 Å². The Bertz CT molecular complexity index is 75.6. The molecule has 0 bridgehead atoms. The Hall–Kier alpha value is -0.300. The van der Waals surface area contributed by atoms with Crippen LogP contribution >= 0.6 is 11.6 Å². The topological polar surface area (TPSA) is 12.4 Å². The number of hydrogen-bond donors (Lipinski definition) is 0. The van der Waals surface area contributed by atoms with Crippen LogP contribution in [-0.2, 0) is 0 Å². The Labute approximate surface area is 42.3 Å². The molecule has 0 heterocycles. The normalized spacial score (nSPS) is 9.67. The first-order valence-electron chi connectivity index (χ1n) is 1.54. The SMILES string of the molecule is C=C(Cl)/C=N\C. The fourth-order valence-electron chi connectivity index (χ4n) is 0.140. The van der Waals surface area contributed by atoms with E-state index in [0.29, 0.717) is 5.03 Å². The first kappa shape index (κ1) is 5.70. The number of nitrogens with zero attached hydrogens (tertiary/aromatic N) is 1. The van der Waals surface area contributed by atoms with Crippen molar-refractivity contribution in [3.05, 3.63) is 11.6 Å². The summed E-state index contributed by atoms with van der Waals surface area (Å²) >= 11 is 5.23. The van der Waals surface area contributed by atoms with Crippen molar-refractivity contribution in [2.24, 2.45) is 4.99 Å². The minimum absolute atomic E-state index is 0.470. The van der Waals surface area contributed by atoms with E-state index in [1.165, 1.54) is 6.21 Å². The van der Waals surface area contributed by atoms with E-state index in [-0.39, 0.29) is 0 Å². The molecule has 0 aliphatic carbocycles. The predicted molar refractivity (Wildman–Crippen MR) is 29.4 cm³/mol. The van der Waals surface area contributed by atoms with Crippen molar-refractivity contribution in [3.8, 4) is 0 Å². The second-order valence-corrected chi connectivity index (χ2v) is 1.32. The first-order valence-corrected chi connectivity index (χ1v) is 1.91. The number of halogens is 1. The molecule has 0 atom stereocenters. The Kier molecular flexibility index (Phi) is 2.77. The lowest BCUT2D eigenvalue weighted by atomic mass is 10.7. The molecule has 0 N–H and O–H groups in total. The average Bonchev–Trinajstić information content (AvgIpc) is 1.35. The molecule has 0 aliphatic heterocycles. The predicted octanol–water partition coefficient (Wildman–Crippen LogP) is 1.44. The van der Waals surface area contributed by atoms with Crippen LogP contribution < -0.4 is 0 Å². The van der Waals surface area contributed by atoms with Gasteiger partial charge in [-0.05, 0) is 0 Å². The van der Waals surface area contributed by atoms with Crippen molar-refractivity contribution < 1.29 is 0 Å². The standard InChI is InChI=1S/C4H6ClN/c1-4(5)3-6-2/h3H,1H2,2H3/b6-3-. The molecule has 0 saturated heterocycles. The average molecular weight is 104 g/mol. The highest BCUT2D eigenvalue weighted by Gasteiger charge is 1.68. The van der Waals surface area contributed by atoms with Gasteiger partial charge in [-0.1, -0.05) is 18.2 Å². The molecule has 6 heavy (non-hydrogen) atoms. The first-order chi connectivity index (χ1) is 2.77. The van der Waals surface area contributed by atoms with Crippen LogP contribution in [0.5, 0.6) is 0 Å². The maximum absolute atomic E-state index is 5.23. The molecule has 0 fully saturated rings. The summed E-state index contributed by atoms with van der Waals surface area (Å²) < 4.78 is 0. The van der Waals surface area contributed by atoms with Gasteiger partial charge in [-0.25, -0.2) is 0 Å². The third kappa shape index (κ3) is 3.70. The summed E-state index contributed by atoms with van der Waals surface area (Å²) in [7, 11) is 1.65. The molecule has 0 aliphatic rings. The maximum Gasteiger partial charge on any atom is 0.0512 e. The quantitative estimate of drug-likeness (QED) is 0.446. The molecule has 0 aromatic rings. The molecule has 0 spiro atoms. The molecule has 0 amide bonds. The zero-order chi connectivity index (χ0) is 4.99. The van der Waals surface area contributed by atoms with Crippen LogP contribution in [-0.4, -0.2) is 13.3 Å². The highest BCUT2D eigenvalue weighted by Crippen LogP contribution is 1.87. The fraction of sp³-hybridized carbons (Fsp3) is 0.250. The molecule has 0 unspecified atom stereocenters. The van der Waals surface area contributed by atoms with E-state index in [0.717, 1.165) is 0 Å². The molecule has 0 saturated carbocycles. The molecular formula is C4H6ClN. The summed E-state index contributed by atoms with van der Waals surface area (Å²) in [5, 5.41) is 0.470. The monoisotopic (exact) mass is 103 g/mol. The number of hydrogen-bond acceptors (Lipinski definition) is 1. The third-order valence-electron chi connectivity index (χ3n) is 0.269. The maximum atomic E-state index is 5.23. The van der Waals surface area contributed by atoms with Gasteiger partial charge in [0.05, 0.1) is 5.03 Å². The van der Waals surface area contributed by atoms with E-state index >= 15 is 0 Å². The molecule has 1 nitrogen and oxygen atoms in total. The molecule has 2 heteroatoms. The van der Waals surface area contributed by atoms with Crippen LogP contribution in [0.3, 0.4) is 0 Å². The Balaban J connectivity index is 3.30. The number of rotatable bonds is 1. The molecule has 0 radical (unpaired) electrons. The summed E-state index contributed by atoms with van der Waals surface area (Å²) in [6, 6.07) is 0. The Morgan fingerprint density at radius 1 is 2.00 bits per heavy atom. The third-order valence-corrected chi connectivity index (χ3v) is 0.367. The number of aliphatic imine (C=N–C) groups is 1. The van der Waals surface area contributed by atoms with Gasteiger partial charge in [0.25, 0.3) is 0 Å². The van der Waals surface area contributed by atoms with Gasteiger partial charge in [0.1, 0.15) is 0 Å². The highest BCUT2D eigenvalue weighted by molar-refractivity contribution is 6.38. The molecule has 0 aromatic carbocycles. The highest BCUT2D eigenvalue weighted by atomic mass is 35.5. The fourth-order valence-corrected chi connectivity index (χ4v) is 0.238. The van der Waals surface area contributed by atoms with Gasteiger partial charge >= 0.3 is 0 Å². The van der Waals surface area contributed by atoms with Crippen LogP contribution in [0, 0.1) is 0 Å². The van der Waals surface area contributed by atoms with E-state index < -0.39 is 0 Å². The molecule has 34 valence electrons. The minimum Gasteiger partial charge on any atom is -0.295 e. The van der Waals surface area contributed by atoms with Crippen molar-refractivity contribution in [2.75, 3.05) is 7.05 Å². The van der Waals surface area contributed by atoms with Crippen molar-refractivity contribution in [2.45, 2.75) is 0 Å². The lowest BCUT2D eigenvalue weighted by Gasteiger charge is -1.72. The van der Waals surface area contributed by atoms with Crippen molar-refractivity contribution >= 4 is 17.8 Å². The van der Waals surface area contributed by atoms with Crippen LogP contribution in [0.2, 0.25) is 0 Å². The lowest BCUT2D eigenvalue weighted by Crippen LogP contribution is -1.64. The summed E-state index contributed by atoms with van der Waals surface area (Å²) in [5.74, 6) is 0. The van der Waals surface area contributed by atoms with Gasteiger partial charge in [0.15, 0.2) is 0 Å². The van der Waals surface area contributed by atoms with Gasteiger partial charge in [-0.15, -0.1) is 0 Å². The van der Waals surface area contributed by atoms with Gasteiger partial charge < -0.3 is 0 Å². The van der Waals surface area contributed by atoms with Crippen LogP contribution in [0.15, 0.2) is 16.6 Å². The molecule has 0 rings (SSSR count). The van der Waals surface area contributed by atoms with Gasteiger partial charge in [0, 0.05) is 13.3 Å². The van der Waals surface area contributed by atoms with Gasteiger partial charge in [-0.3, -0.25) is 4.99 Å². The van der Waals surface area contributed by atoms with Gasteiger partial charge in [-0.2, -0.15) is 0 Å². The van der Waals surface area contributed by atoms with Crippen molar-refractivity contribution in [3.63, 3.8) is 0 Å². The minimum atomic E-state index is 0.470. The van der Waals surface area contributed by atoms with E-state index in [9.17, 15) is 0 Å². The van der Waals surface area contributed by atoms with E-state index in [1.807, 2.05) is 0 Å². The second-order valence-electron chi connectivity index (χ2n) is 0.834. The second kappa shape index (κ2) is 2.91. The van der Waals surface area contributed by atoms with Crippen molar-refractivity contribution in [1.29, 1.82) is 0 Å². The largest absolute Gasteiger partial charge is 0.295 e. The van der Waals surface area contributed by atoms with Crippen LogP contribution in [0.4, 0.5) is 0 Å². The molecular weight excluding hydrogens is 97.5 g/mol. The zero-order valence-corrected chi connectivity index (χ0v) is 4.37. The number of allylic oxidation sites excluding steroid dienone is 1. The van der Waals surface area contributed by atoms with Crippen LogP contribution in [0.25, 0.3) is 0 Å². The summed E-state index contributed by atoms with van der Waals surface area (Å²) in [6.07, 6.45) is 1.49. The summed E-state index contributed by atoms with van der Waals surface area (Å²) in [6.45, 7) is 3.36. The summed E-state index contributed by atoms with van der Waals surface area (Å²) in [4.78, 5) is 3.58. The van der Waals surface area contributed by atoms with E-state index in [1.54, 1.807) is 7.05 Å². The van der Waals surface area contributed by atoms with Gasteiger partial charge in [0.2, 0.25) is 0 Å². The molecule has 0 aromatic heterocycles. The van der Waals surface area contributed by atoms with E-state index in [4.69, 9.17) is 11.6 Å². The van der Waals surface area contributed by atoms with Crippen molar-refractivity contribution in [1.82, 2.24) is 0 Å².